The molecule has 0 heterocycles. The van der Waals surface area contributed by atoms with Gasteiger partial charge in [-0.05, 0) is 37.0 Å². The van der Waals surface area contributed by atoms with E-state index in [4.69, 9.17) is 28.3 Å². The third kappa shape index (κ3) is 4.16. The molecule has 1 atom stereocenters. The molecule has 0 saturated heterocycles. The average Bonchev–Trinajstić information content (AvgIpc) is 3.06. The average molecular weight is 288 g/mol. The van der Waals surface area contributed by atoms with Gasteiger partial charge in [-0.1, -0.05) is 29.3 Å². The third-order valence-electron chi connectivity index (χ3n) is 2.94. The molecule has 1 saturated carbocycles. The Morgan fingerprint density at radius 1 is 1.39 bits per heavy atom. The number of benzene rings is 1. The van der Waals surface area contributed by atoms with E-state index in [1.165, 1.54) is 0 Å². The molecule has 1 aliphatic rings. The zero-order chi connectivity index (χ0) is 13.1. The van der Waals surface area contributed by atoms with Gasteiger partial charge in [-0.2, -0.15) is 0 Å². The standard InChI is InChI=1S/C13H15Cl2NO2/c14-11-4-1-8(6-12(11)15)5-10(7-13(17)18)16-9-2-3-9/h1,4,6,9-10,16H,2-3,5,7H2,(H,17,18). The Labute approximate surface area is 116 Å². The van der Waals surface area contributed by atoms with Gasteiger partial charge in [0.05, 0.1) is 16.5 Å². The van der Waals surface area contributed by atoms with Gasteiger partial charge in [0, 0.05) is 12.1 Å². The van der Waals surface area contributed by atoms with Gasteiger partial charge in [0.1, 0.15) is 0 Å². The first-order valence-corrected chi connectivity index (χ1v) is 6.72. The van der Waals surface area contributed by atoms with Crippen molar-refractivity contribution in [2.45, 2.75) is 37.8 Å². The normalized spacial score (nSPS) is 16.6. The summed E-state index contributed by atoms with van der Waals surface area (Å²) in [7, 11) is 0. The van der Waals surface area contributed by atoms with Crippen LogP contribution in [-0.4, -0.2) is 23.2 Å². The van der Waals surface area contributed by atoms with Crippen molar-refractivity contribution in [1.82, 2.24) is 5.32 Å². The van der Waals surface area contributed by atoms with Crippen LogP contribution >= 0.6 is 23.2 Å². The van der Waals surface area contributed by atoms with Gasteiger partial charge in [-0.3, -0.25) is 4.79 Å². The van der Waals surface area contributed by atoms with Crippen molar-refractivity contribution in [1.29, 1.82) is 0 Å². The largest absolute Gasteiger partial charge is 0.481 e. The predicted octanol–water partition coefficient (Wildman–Crippen LogP) is 3.13. The lowest BCUT2D eigenvalue weighted by Gasteiger charge is -2.17. The summed E-state index contributed by atoms with van der Waals surface area (Å²) in [5.41, 5.74) is 1.00. The summed E-state index contributed by atoms with van der Waals surface area (Å²) in [5, 5.41) is 13.3. The molecule has 98 valence electrons. The summed E-state index contributed by atoms with van der Waals surface area (Å²) < 4.78 is 0. The van der Waals surface area contributed by atoms with Crippen LogP contribution in [0.3, 0.4) is 0 Å². The zero-order valence-electron chi connectivity index (χ0n) is 9.83. The molecular weight excluding hydrogens is 273 g/mol. The van der Waals surface area contributed by atoms with Crippen LogP contribution in [0.25, 0.3) is 0 Å². The Hall–Kier alpha value is -0.770. The number of carboxylic acid groups (broad SMARTS) is 1. The van der Waals surface area contributed by atoms with Crippen molar-refractivity contribution in [3.63, 3.8) is 0 Å². The third-order valence-corrected chi connectivity index (χ3v) is 3.67. The lowest BCUT2D eigenvalue weighted by molar-refractivity contribution is -0.137. The van der Waals surface area contributed by atoms with Crippen LogP contribution in [0.4, 0.5) is 0 Å². The minimum absolute atomic E-state index is 0.0488. The van der Waals surface area contributed by atoms with E-state index in [0.717, 1.165) is 18.4 Å². The maximum Gasteiger partial charge on any atom is 0.304 e. The SMILES string of the molecule is O=C(O)CC(Cc1ccc(Cl)c(Cl)c1)NC1CC1. The maximum absolute atomic E-state index is 10.8. The molecule has 1 unspecified atom stereocenters. The van der Waals surface area contributed by atoms with Gasteiger partial charge in [-0.25, -0.2) is 0 Å². The summed E-state index contributed by atoms with van der Waals surface area (Å²) in [6.45, 7) is 0. The first-order chi connectivity index (χ1) is 8.54. The molecule has 0 aliphatic heterocycles. The fourth-order valence-corrected chi connectivity index (χ4v) is 2.26. The van der Waals surface area contributed by atoms with Crippen LogP contribution in [0.15, 0.2) is 18.2 Å². The van der Waals surface area contributed by atoms with E-state index in [1.54, 1.807) is 12.1 Å². The molecule has 1 aromatic carbocycles. The van der Waals surface area contributed by atoms with Gasteiger partial charge < -0.3 is 10.4 Å². The number of hydrogen-bond donors (Lipinski definition) is 2. The van der Waals surface area contributed by atoms with Gasteiger partial charge in [0.15, 0.2) is 0 Å². The van der Waals surface area contributed by atoms with Crippen LogP contribution in [0, 0.1) is 0 Å². The van der Waals surface area contributed by atoms with E-state index in [2.05, 4.69) is 5.32 Å². The molecule has 1 fully saturated rings. The van der Waals surface area contributed by atoms with Crippen molar-refractivity contribution in [3.8, 4) is 0 Å². The van der Waals surface area contributed by atoms with Crippen LogP contribution in [-0.2, 0) is 11.2 Å². The number of hydrogen-bond acceptors (Lipinski definition) is 2. The molecule has 2 N–H and O–H groups in total. The summed E-state index contributed by atoms with van der Waals surface area (Å²) in [5.74, 6) is -0.784. The lowest BCUT2D eigenvalue weighted by atomic mass is 10.0. The molecule has 0 aromatic heterocycles. The number of aliphatic carboxylic acids is 1. The van der Waals surface area contributed by atoms with Crippen molar-refractivity contribution in [3.05, 3.63) is 33.8 Å². The maximum atomic E-state index is 10.8. The molecule has 1 aliphatic carbocycles. The number of nitrogens with one attached hydrogen (secondary N) is 1. The highest BCUT2D eigenvalue weighted by molar-refractivity contribution is 6.42. The highest BCUT2D eigenvalue weighted by Gasteiger charge is 2.25. The van der Waals surface area contributed by atoms with Crippen LogP contribution in [0.1, 0.15) is 24.8 Å². The van der Waals surface area contributed by atoms with Gasteiger partial charge in [-0.15, -0.1) is 0 Å². The van der Waals surface area contributed by atoms with E-state index in [0.29, 0.717) is 22.5 Å². The first-order valence-electron chi connectivity index (χ1n) is 5.96. The fourth-order valence-electron chi connectivity index (χ4n) is 1.94. The Bertz CT molecular complexity index is 447. The molecule has 0 amide bonds. The molecule has 3 nitrogen and oxygen atoms in total. The van der Waals surface area contributed by atoms with Crippen LogP contribution < -0.4 is 5.32 Å². The van der Waals surface area contributed by atoms with E-state index >= 15 is 0 Å². The van der Waals surface area contributed by atoms with Crippen molar-refractivity contribution < 1.29 is 9.90 Å². The lowest BCUT2D eigenvalue weighted by Crippen LogP contribution is -2.35. The van der Waals surface area contributed by atoms with E-state index in [1.807, 2.05) is 6.07 Å². The Morgan fingerprint density at radius 3 is 2.67 bits per heavy atom. The van der Waals surface area contributed by atoms with Gasteiger partial charge in [0.25, 0.3) is 0 Å². The highest BCUT2D eigenvalue weighted by atomic mass is 35.5. The topological polar surface area (TPSA) is 49.3 Å². The number of halogens is 2. The van der Waals surface area contributed by atoms with Crippen molar-refractivity contribution in [2.24, 2.45) is 0 Å². The zero-order valence-corrected chi connectivity index (χ0v) is 11.3. The summed E-state index contributed by atoms with van der Waals surface area (Å²) in [6.07, 6.45) is 3.05. The quantitative estimate of drug-likeness (QED) is 0.845. The molecule has 1 aromatic rings. The molecule has 2 rings (SSSR count). The Balaban J connectivity index is 2.01. The fraction of sp³-hybridized carbons (Fsp3) is 0.462. The van der Waals surface area contributed by atoms with Gasteiger partial charge in [0.2, 0.25) is 0 Å². The molecular formula is C13H15Cl2NO2. The summed E-state index contributed by atoms with van der Waals surface area (Å²) in [6, 6.07) is 5.86. The minimum Gasteiger partial charge on any atom is -0.481 e. The number of carbonyl (C=O) groups is 1. The predicted molar refractivity (Wildman–Crippen MR) is 72.4 cm³/mol. The van der Waals surface area contributed by atoms with Crippen LogP contribution in [0.2, 0.25) is 10.0 Å². The second-order valence-corrected chi connectivity index (χ2v) is 5.50. The second-order valence-electron chi connectivity index (χ2n) is 4.69. The Kier molecular flexibility index (Phi) is 4.49. The van der Waals surface area contributed by atoms with Gasteiger partial charge >= 0.3 is 5.97 Å². The molecule has 0 radical (unpaired) electrons. The monoisotopic (exact) mass is 287 g/mol. The molecule has 18 heavy (non-hydrogen) atoms. The van der Waals surface area contributed by atoms with E-state index in [-0.39, 0.29) is 12.5 Å². The number of rotatable bonds is 6. The molecule has 5 heteroatoms. The summed E-state index contributed by atoms with van der Waals surface area (Å²) in [4.78, 5) is 10.8. The summed E-state index contributed by atoms with van der Waals surface area (Å²) >= 11 is 11.8. The minimum atomic E-state index is -0.784. The van der Waals surface area contributed by atoms with Crippen LogP contribution in [0.5, 0.6) is 0 Å². The van der Waals surface area contributed by atoms with E-state index in [9.17, 15) is 4.79 Å². The molecule has 0 bridgehead atoms. The van der Waals surface area contributed by atoms with Crippen molar-refractivity contribution in [2.75, 3.05) is 0 Å². The molecule has 0 spiro atoms. The highest BCUT2D eigenvalue weighted by Crippen LogP contribution is 2.25. The first kappa shape index (κ1) is 13.7. The van der Waals surface area contributed by atoms with Crippen molar-refractivity contribution >= 4 is 29.2 Å². The number of carboxylic acids is 1. The van der Waals surface area contributed by atoms with E-state index < -0.39 is 5.97 Å². The smallest absolute Gasteiger partial charge is 0.304 e. The second kappa shape index (κ2) is 5.91. The Morgan fingerprint density at radius 2 is 2.11 bits per heavy atom.